The lowest BCUT2D eigenvalue weighted by Crippen LogP contribution is -2.10. The molecule has 1 heterocycles. The second-order valence-electron chi connectivity index (χ2n) is 6.40. The summed E-state index contributed by atoms with van der Waals surface area (Å²) in [5, 5.41) is 0. The molecule has 0 radical (unpaired) electrons. The first-order valence-electron chi connectivity index (χ1n) is 11.6. The Hall–Kier alpha value is -3.00. The molecule has 0 N–H and O–H groups in total. The summed E-state index contributed by atoms with van der Waals surface area (Å²) in [6.07, 6.45) is 3.86. The summed E-state index contributed by atoms with van der Waals surface area (Å²) in [7, 11) is 0. The van der Waals surface area contributed by atoms with Crippen molar-refractivity contribution in [2.24, 2.45) is 4.99 Å². The molecular formula is C29H37NO. The normalized spacial score (nSPS) is 13.2. The van der Waals surface area contributed by atoms with Crippen molar-refractivity contribution in [1.29, 1.82) is 0 Å². The Morgan fingerprint density at radius 3 is 1.97 bits per heavy atom. The molecule has 0 spiro atoms. The van der Waals surface area contributed by atoms with Crippen LogP contribution < -0.4 is 0 Å². The fourth-order valence-electron chi connectivity index (χ4n) is 3.39. The maximum Gasteiger partial charge on any atom is 0.193 e. The molecule has 0 saturated heterocycles. The Morgan fingerprint density at radius 1 is 0.774 bits per heavy atom. The Labute approximate surface area is 189 Å². The van der Waals surface area contributed by atoms with Crippen LogP contribution in [0.1, 0.15) is 80.9 Å². The van der Waals surface area contributed by atoms with Crippen LogP contribution >= 0.6 is 0 Å². The molecule has 1 atom stereocenters. The van der Waals surface area contributed by atoms with E-state index >= 15 is 0 Å². The summed E-state index contributed by atoms with van der Waals surface area (Å²) >= 11 is 0. The smallest absolute Gasteiger partial charge is 0.193 e. The zero-order valence-corrected chi connectivity index (χ0v) is 19.9. The zero-order valence-electron chi connectivity index (χ0n) is 19.9. The molecule has 0 aliphatic carbocycles. The standard InChI is InChI=1S/C23H19NO.3C2H6/c25-23(18-9-5-2-6-10-18)20-11-12-22-21(16-20)19(13-14-24-22)15-17-7-3-1-4-8-17;3*1-2/h1-12,14,16,19H,13,15H2;3*1-2H3. The Balaban J connectivity index is 0.000000739. The van der Waals surface area contributed by atoms with Crippen molar-refractivity contribution in [2.45, 2.75) is 60.3 Å². The van der Waals surface area contributed by atoms with E-state index in [1.165, 1.54) is 11.1 Å². The lowest BCUT2D eigenvalue weighted by molar-refractivity contribution is 0.103. The van der Waals surface area contributed by atoms with Crippen molar-refractivity contribution >= 4 is 17.7 Å². The maximum absolute atomic E-state index is 12.8. The SMILES string of the molecule is CC.CC.CC.O=C(c1ccccc1)c1ccc2c(c1)C(Cc1ccccc1)CC=N2. The number of rotatable bonds is 4. The van der Waals surface area contributed by atoms with Crippen LogP contribution in [0.25, 0.3) is 0 Å². The van der Waals surface area contributed by atoms with Gasteiger partial charge in [-0.3, -0.25) is 9.79 Å². The number of carbonyl (C=O) groups is 1. The van der Waals surface area contributed by atoms with Crippen molar-refractivity contribution in [1.82, 2.24) is 0 Å². The van der Waals surface area contributed by atoms with Crippen molar-refractivity contribution < 1.29 is 4.79 Å². The van der Waals surface area contributed by atoms with Gasteiger partial charge in [-0.05, 0) is 48.1 Å². The number of nitrogens with zero attached hydrogens (tertiary/aromatic N) is 1. The molecular weight excluding hydrogens is 378 g/mol. The Bertz CT molecular complexity index is 914. The number of benzene rings is 3. The molecule has 2 nitrogen and oxygen atoms in total. The summed E-state index contributed by atoms with van der Waals surface area (Å²) in [5.74, 6) is 0.426. The number of aliphatic imine (C=N–C) groups is 1. The number of ketones is 1. The van der Waals surface area contributed by atoms with Crippen LogP contribution in [0, 0.1) is 0 Å². The highest BCUT2D eigenvalue weighted by Gasteiger charge is 2.20. The van der Waals surface area contributed by atoms with Crippen LogP contribution in [-0.2, 0) is 6.42 Å². The van der Waals surface area contributed by atoms with E-state index in [2.05, 4.69) is 29.3 Å². The third kappa shape index (κ3) is 7.32. The van der Waals surface area contributed by atoms with E-state index in [0.717, 1.165) is 29.7 Å². The van der Waals surface area contributed by atoms with Crippen molar-refractivity contribution in [2.75, 3.05) is 0 Å². The number of hydrogen-bond acceptors (Lipinski definition) is 2. The second-order valence-corrected chi connectivity index (χ2v) is 6.40. The van der Waals surface area contributed by atoms with E-state index in [9.17, 15) is 4.79 Å². The van der Waals surface area contributed by atoms with Gasteiger partial charge < -0.3 is 0 Å². The Morgan fingerprint density at radius 2 is 1.35 bits per heavy atom. The molecule has 164 valence electrons. The van der Waals surface area contributed by atoms with Gasteiger partial charge in [-0.1, -0.05) is 102 Å². The van der Waals surface area contributed by atoms with Gasteiger partial charge in [0.1, 0.15) is 0 Å². The molecule has 4 rings (SSSR count). The van der Waals surface area contributed by atoms with Crippen LogP contribution in [0.4, 0.5) is 5.69 Å². The molecule has 1 aliphatic heterocycles. The lowest BCUT2D eigenvalue weighted by atomic mass is 9.85. The molecule has 31 heavy (non-hydrogen) atoms. The summed E-state index contributed by atoms with van der Waals surface area (Å²) in [6.45, 7) is 12.0. The highest BCUT2D eigenvalue weighted by Crippen LogP contribution is 2.36. The first-order chi connectivity index (χ1) is 15.3. The van der Waals surface area contributed by atoms with Gasteiger partial charge in [0, 0.05) is 17.3 Å². The second kappa shape index (κ2) is 14.9. The Kier molecular flexibility index (Phi) is 12.5. The number of fused-ring (bicyclic) bond motifs is 1. The average Bonchev–Trinajstić information content (AvgIpc) is 2.88. The van der Waals surface area contributed by atoms with E-state index < -0.39 is 0 Å². The van der Waals surface area contributed by atoms with Gasteiger partial charge in [-0.2, -0.15) is 0 Å². The average molecular weight is 416 g/mol. The third-order valence-electron chi connectivity index (χ3n) is 4.71. The zero-order chi connectivity index (χ0) is 23.1. The highest BCUT2D eigenvalue weighted by atomic mass is 16.1. The van der Waals surface area contributed by atoms with E-state index in [0.29, 0.717) is 5.92 Å². The van der Waals surface area contributed by atoms with Crippen molar-refractivity contribution in [3.8, 4) is 0 Å². The molecule has 0 bridgehead atoms. The monoisotopic (exact) mass is 415 g/mol. The van der Waals surface area contributed by atoms with Gasteiger partial charge in [0.25, 0.3) is 0 Å². The van der Waals surface area contributed by atoms with Gasteiger partial charge in [-0.15, -0.1) is 0 Å². The molecule has 0 fully saturated rings. The van der Waals surface area contributed by atoms with Crippen LogP contribution in [0.15, 0.2) is 83.9 Å². The summed E-state index contributed by atoms with van der Waals surface area (Å²) in [5.41, 5.74) is 4.93. The van der Waals surface area contributed by atoms with Gasteiger partial charge in [-0.25, -0.2) is 0 Å². The summed E-state index contributed by atoms with van der Waals surface area (Å²) in [6, 6.07) is 25.8. The predicted molar refractivity (Wildman–Crippen MR) is 136 cm³/mol. The number of carbonyl (C=O) groups excluding carboxylic acids is 1. The van der Waals surface area contributed by atoms with Gasteiger partial charge >= 0.3 is 0 Å². The highest BCUT2D eigenvalue weighted by molar-refractivity contribution is 6.09. The van der Waals surface area contributed by atoms with Crippen LogP contribution in [-0.4, -0.2) is 12.0 Å². The van der Waals surface area contributed by atoms with E-state index in [4.69, 9.17) is 0 Å². The molecule has 0 aromatic heterocycles. The van der Waals surface area contributed by atoms with Crippen LogP contribution in [0.3, 0.4) is 0 Å². The van der Waals surface area contributed by atoms with Gasteiger partial charge in [0.2, 0.25) is 0 Å². The minimum absolute atomic E-state index is 0.0661. The van der Waals surface area contributed by atoms with Crippen molar-refractivity contribution in [3.63, 3.8) is 0 Å². The fourth-order valence-corrected chi connectivity index (χ4v) is 3.39. The van der Waals surface area contributed by atoms with Gasteiger partial charge in [0.05, 0.1) is 5.69 Å². The minimum atomic E-state index is 0.0661. The van der Waals surface area contributed by atoms with Gasteiger partial charge in [0.15, 0.2) is 5.78 Å². The fraction of sp³-hybridized carbons (Fsp3) is 0.310. The first kappa shape index (κ1) is 26.0. The van der Waals surface area contributed by atoms with E-state index in [1.54, 1.807) is 0 Å². The molecule has 0 amide bonds. The molecule has 3 aromatic carbocycles. The predicted octanol–water partition coefficient (Wildman–Crippen LogP) is 8.43. The van der Waals surface area contributed by atoms with E-state index in [-0.39, 0.29) is 5.78 Å². The topological polar surface area (TPSA) is 29.4 Å². The largest absolute Gasteiger partial charge is 0.289 e. The quantitative estimate of drug-likeness (QED) is 0.393. The molecule has 2 heteroatoms. The molecule has 0 saturated carbocycles. The first-order valence-corrected chi connectivity index (χ1v) is 11.6. The minimum Gasteiger partial charge on any atom is -0.289 e. The molecule has 1 unspecified atom stereocenters. The number of hydrogen-bond donors (Lipinski definition) is 0. The summed E-state index contributed by atoms with van der Waals surface area (Å²) < 4.78 is 0. The third-order valence-corrected chi connectivity index (χ3v) is 4.71. The van der Waals surface area contributed by atoms with E-state index in [1.807, 2.05) is 102 Å². The van der Waals surface area contributed by atoms with Crippen LogP contribution in [0.2, 0.25) is 0 Å². The molecule has 1 aliphatic rings. The van der Waals surface area contributed by atoms with Crippen molar-refractivity contribution in [3.05, 3.63) is 101 Å². The summed E-state index contributed by atoms with van der Waals surface area (Å²) in [4.78, 5) is 17.3. The molecule has 3 aromatic rings. The lowest BCUT2D eigenvalue weighted by Gasteiger charge is -2.22. The maximum atomic E-state index is 12.8. The van der Waals surface area contributed by atoms with Crippen LogP contribution in [0.5, 0.6) is 0 Å².